The standard InChI is InChI=1S/C27H21N/c1-28-18-19-7-9-21(10-8-19)22-13-14-26-25(15-22)16-24-12-11-23(17-27(24)26)20-5-3-2-4-6-20/h2-15,17H,1,16,18H2. The van der Waals surface area contributed by atoms with E-state index in [0.717, 1.165) is 6.42 Å². The third-order valence-corrected chi connectivity index (χ3v) is 5.57. The molecule has 0 radical (unpaired) electrons. The van der Waals surface area contributed by atoms with E-state index in [1.807, 2.05) is 0 Å². The van der Waals surface area contributed by atoms with E-state index >= 15 is 0 Å². The Bertz CT molecular complexity index is 1150. The molecule has 0 heterocycles. The minimum Gasteiger partial charge on any atom is -0.296 e. The molecule has 0 aliphatic heterocycles. The second kappa shape index (κ2) is 6.94. The second-order valence-corrected chi connectivity index (χ2v) is 7.37. The first-order valence-corrected chi connectivity index (χ1v) is 9.65. The van der Waals surface area contributed by atoms with Crippen molar-refractivity contribution in [3.63, 3.8) is 0 Å². The van der Waals surface area contributed by atoms with Crippen LogP contribution in [0.5, 0.6) is 0 Å². The SMILES string of the molecule is C=NCc1ccc(-c2ccc3c(c2)Cc2ccc(-c4ccccc4)cc2-3)cc1. The highest BCUT2D eigenvalue weighted by Gasteiger charge is 2.19. The van der Waals surface area contributed by atoms with Crippen LogP contribution in [0.1, 0.15) is 16.7 Å². The molecule has 4 aromatic carbocycles. The van der Waals surface area contributed by atoms with Crippen LogP contribution in [0.25, 0.3) is 33.4 Å². The van der Waals surface area contributed by atoms with E-state index in [0.29, 0.717) is 6.54 Å². The van der Waals surface area contributed by atoms with Crippen LogP contribution in [0.15, 0.2) is 96.0 Å². The molecule has 0 bridgehead atoms. The molecule has 28 heavy (non-hydrogen) atoms. The third kappa shape index (κ3) is 2.95. The average molecular weight is 359 g/mol. The smallest absolute Gasteiger partial charge is 0.0632 e. The molecular formula is C27H21N. The number of hydrogen-bond donors (Lipinski definition) is 0. The third-order valence-electron chi connectivity index (χ3n) is 5.57. The lowest BCUT2D eigenvalue weighted by Crippen LogP contribution is -1.85. The lowest BCUT2D eigenvalue weighted by Gasteiger charge is -2.08. The van der Waals surface area contributed by atoms with E-state index in [1.54, 1.807) is 0 Å². The van der Waals surface area contributed by atoms with Gasteiger partial charge in [-0.05, 0) is 69.3 Å². The van der Waals surface area contributed by atoms with Gasteiger partial charge in [0.25, 0.3) is 0 Å². The first-order valence-electron chi connectivity index (χ1n) is 9.65. The van der Waals surface area contributed by atoms with Crippen LogP contribution in [0.2, 0.25) is 0 Å². The molecule has 0 saturated carbocycles. The van der Waals surface area contributed by atoms with Gasteiger partial charge in [0.05, 0.1) is 6.54 Å². The molecule has 0 unspecified atom stereocenters. The predicted octanol–water partition coefficient (Wildman–Crippen LogP) is 6.79. The fourth-order valence-corrected chi connectivity index (χ4v) is 4.11. The van der Waals surface area contributed by atoms with Gasteiger partial charge < -0.3 is 0 Å². The van der Waals surface area contributed by atoms with Crippen LogP contribution in [-0.2, 0) is 13.0 Å². The zero-order chi connectivity index (χ0) is 18.9. The topological polar surface area (TPSA) is 12.4 Å². The summed E-state index contributed by atoms with van der Waals surface area (Å²) in [5.41, 5.74) is 11.8. The molecule has 0 aromatic heterocycles. The van der Waals surface area contributed by atoms with E-state index < -0.39 is 0 Å². The van der Waals surface area contributed by atoms with Crippen molar-refractivity contribution in [2.24, 2.45) is 4.99 Å². The van der Waals surface area contributed by atoms with Crippen LogP contribution in [0.3, 0.4) is 0 Å². The van der Waals surface area contributed by atoms with E-state index in [9.17, 15) is 0 Å². The molecule has 1 aliphatic rings. The molecule has 4 aromatic rings. The number of benzene rings is 4. The zero-order valence-corrected chi connectivity index (χ0v) is 15.7. The van der Waals surface area contributed by atoms with Crippen molar-refractivity contribution in [3.8, 4) is 33.4 Å². The summed E-state index contributed by atoms with van der Waals surface area (Å²) < 4.78 is 0. The van der Waals surface area contributed by atoms with Crippen LogP contribution < -0.4 is 0 Å². The summed E-state index contributed by atoms with van der Waals surface area (Å²) in [5, 5.41) is 0. The van der Waals surface area contributed by atoms with Crippen molar-refractivity contribution < 1.29 is 0 Å². The number of rotatable bonds is 4. The van der Waals surface area contributed by atoms with Crippen molar-refractivity contribution in [2.45, 2.75) is 13.0 Å². The Balaban J connectivity index is 1.50. The van der Waals surface area contributed by atoms with Gasteiger partial charge in [-0.15, -0.1) is 0 Å². The maximum Gasteiger partial charge on any atom is 0.0632 e. The van der Waals surface area contributed by atoms with Crippen molar-refractivity contribution in [2.75, 3.05) is 0 Å². The predicted molar refractivity (Wildman–Crippen MR) is 119 cm³/mol. The van der Waals surface area contributed by atoms with Crippen LogP contribution in [-0.4, -0.2) is 6.72 Å². The first-order chi connectivity index (χ1) is 13.8. The Labute approximate surface area is 166 Å². The van der Waals surface area contributed by atoms with E-state index in [4.69, 9.17) is 0 Å². The highest BCUT2D eigenvalue weighted by atomic mass is 14.7. The van der Waals surface area contributed by atoms with Crippen molar-refractivity contribution in [1.82, 2.24) is 0 Å². The Hall–Kier alpha value is -3.45. The van der Waals surface area contributed by atoms with Gasteiger partial charge >= 0.3 is 0 Å². The summed E-state index contributed by atoms with van der Waals surface area (Å²) >= 11 is 0. The molecule has 5 rings (SSSR count). The average Bonchev–Trinajstić information content (AvgIpc) is 3.12. The van der Waals surface area contributed by atoms with Gasteiger partial charge in [-0.3, -0.25) is 4.99 Å². The molecule has 1 aliphatic carbocycles. The van der Waals surface area contributed by atoms with Crippen molar-refractivity contribution in [1.29, 1.82) is 0 Å². The molecule has 0 saturated heterocycles. The fourth-order valence-electron chi connectivity index (χ4n) is 4.11. The Morgan fingerprint density at radius 2 is 1.29 bits per heavy atom. The van der Waals surface area contributed by atoms with E-state index in [2.05, 4.69) is 103 Å². The van der Waals surface area contributed by atoms with Crippen LogP contribution in [0, 0.1) is 0 Å². The lowest BCUT2D eigenvalue weighted by molar-refractivity contribution is 1.08. The normalized spacial score (nSPS) is 11.7. The maximum absolute atomic E-state index is 3.96. The molecular weight excluding hydrogens is 338 g/mol. The van der Waals surface area contributed by atoms with Gasteiger partial charge in [0.15, 0.2) is 0 Å². The van der Waals surface area contributed by atoms with Crippen LogP contribution in [0.4, 0.5) is 0 Å². The van der Waals surface area contributed by atoms with Gasteiger partial charge in [0.2, 0.25) is 0 Å². The number of nitrogens with zero attached hydrogens (tertiary/aromatic N) is 1. The fraction of sp³-hybridized carbons (Fsp3) is 0.0741. The largest absolute Gasteiger partial charge is 0.296 e. The molecule has 0 atom stereocenters. The summed E-state index contributed by atoms with van der Waals surface area (Å²) in [6, 6.07) is 33.0. The first kappa shape index (κ1) is 16.7. The number of fused-ring (bicyclic) bond motifs is 3. The minimum atomic E-state index is 0.670. The summed E-state index contributed by atoms with van der Waals surface area (Å²) in [4.78, 5) is 3.96. The molecule has 1 heteroatoms. The highest BCUT2D eigenvalue weighted by Crippen LogP contribution is 2.40. The van der Waals surface area contributed by atoms with Gasteiger partial charge in [-0.25, -0.2) is 0 Å². The number of hydrogen-bond acceptors (Lipinski definition) is 1. The second-order valence-electron chi connectivity index (χ2n) is 7.37. The highest BCUT2D eigenvalue weighted by molar-refractivity contribution is 5.83. The molecule has 134 valence electrons. The monoisotopic (exact) mass is 359 g/mol. The molecule has 0 spiro atoms. The van der Waals surface area contributed by atoms with Gasteiger partial charge in [-0.1, -0.05) is 84.9 Å². The summed E-state index contributed by atoms with van der Waals surface area (Å²) in [6.07, 6.45) is 1.01. The Morgan fingerprint density at radius 3 is 2.07 bits per heavy atom. The lowest BCUT2D eigenvalue weighted by atomic mass is 9.97. The Kier molecular flexibility index (Phi) is 4.14. The van der Waals surface area contributed by atoms with Crippen molar-refractivity contribution in [3.05, 3.63) is 108 Å². The summed E-state index contributed by atoms with van der Waals surface area (Å²) in [6.45, 7) is 4.24. The summed E-state index contributed by atoms with van der Waals surface area (Å²) in [5.74, 6) is 0. The molecule has 1 nitrogen and oxygen atoms in total. The molecule has 0 amide bonds. The van der Waals surface area contributed by atoms with Gasteiger partial charge in [0, 0.05) is 0 Å². The van der Waals surface area contributed by atoms with Crippen molar-refractivity contribution >= 4 is 6.72 Å². The zero-order valence-electron chi connectivity index (χ0n) is 15.7. The van der Waals surface area contributed by atoms with Gasteiger partial charge in [-0.2, -0.15) is 0 Å². The van der Waals surface area contributed by atoms with E-state index in [1.165, 1.54) is 50.1 Å². The van der Waals surface area contributed by atoms with Gasteiger partial charge in [0.1, 0.15) is 0 Å². The number of aliphatic imine (C=N–C) groups is 1. The molecule has 0 N–H and O–H groups in total. The Morgan fingerprint density at radius 1 is 0.607 bits per heavy atom. The van der Waals surface area contributed by atoms with E-state index in [-0.39, 0.29) is 0 Å². The quantitative estimate of drug-likeness (QED) is 0.313. The maximum atomic E-state index is 3.96. The summed E-state index contributed by atoms with van der Waals surface area (Å²) in [7, 11) is 0. The molecule has 0 fully saturated rings. The van der Waals surface area contributed by atoms with Crippen LogP contribution >= 0.6 is 0 Å². The minimum absolute atomic E-state index is 0.670.